The quantitative estimate of drug-likeness (QED) is 0.0294. The molecule has 10 nitrogen and oxygen atoms in total. The fraction of sp³-hybridized carbons (Fsp3) is 0.793. The average Bonchev–Trinajstić information content (AvgIpc) is 3.87. The van der Waals surface area contributed by atoms with E-state index in [1.165, 1.54) is 32.1 Å². The minimum Gasteiger partial charge on any atom is -0.461 e. The van der Waals surface area contributed by atoms with E-state index in [-0.39, 0.29) is 38.3 Å². The summed E-state index contributed by atoms with van der Waals surface area (Å²) in [5.74, 6) is -1.09. The zero-order valence-electron chi connectivity index (χ0n) is 24.5. The Hall–Kier alpha value is -1.07. The van der Waals surface area contributed by atoms with Crippen LogP contribution in [0, 0.1) is 0 Å². The molecule has 2 aliphatic rings. The first-order valence-electron chi connectivity index (χ1n) is 14.9. The van der Waals surface area contributed by atoms with Crippen molar-refractivity contribution in [2.75, 3.05) is 25.2 Å². The molecule has 0 aliphatic carbocycles. The van der Waals surface area contributed by atoms with E-state index in [0.29, 0.717) is 17.5 Å². The van der Waals surface area contributed by atoms with Crippen molar-refractivity contribution in [3.63, 3.8) is 0 Å². The highest BCUT2D eigenvalue weighted by molar-refractivity contribution is 9.09. The SMILES string of the molecule is CCCCCC1OC1C/C=C/CC(=O)OCC(COP(=O)(O)OCCBr)OC(=O)C/C=C/CC1OC1CCCCC. The molecule has 2 saturated heterocycles. The van der Waals surface area contributed by atoms with Crippen molar-refractivity contribution in [3.05, 3.63) is 24.3 Å². The predicted molar refractivity (Wildman–Crippen MR) is 159 cm³/mol. The lowest BCUT2D eigenvalue weighted by atomic mass is 10.1. The van der Waals surface area contributed by atoms with Gasteiger partial charge in [0.05, 0.1) is 50.5 Å². The van der Waals surface area contributed by atoms with Crippen LogP contribution >= 0.6 is 23.8 Å². The van der Waals surface area contributed by atoms with Crippen LogP contribution in [0.25, 0.3) is 0 Å². The second kappa shape index (κ2) is 20.8. The molecule has 236 valence electrons. The van der Waals surface area contributed by atoms with Gasteiger partial charge in [-0.2, -0.15) is 0 Å². The van der Waals surface area contributed by atoms with Crippen molar-refractivity contribution in [1.82, 2.24) is 0 Å². The smallest absolute Gasteiger partial charge is 0.461 e. The molecule has 0 radical (unpaired) electrons. The van der Waals surface area contributed by atoms with E-state index < -0.39 is 32.5 Å². The molecule has 0 spiro atoms. The van der Waals surface area contributed by atoms with Gasteiger partial charge in [0.2, 0.25) is 0 Å². The number of esters is 2. The Morgan fingerprint density at radius 1 is 0.829 bits per heavy atom. The number of phosphoric acid groups is 1. The minimum absolute atomic E-state index is 0.0000454. The zero-order valence-corrected chi connectivity index (χ0v) is 26.9. The Morgan fingerprint density at radius 2 is 1.39 bits per heavy atom. The van der Waals surface area contributed by atoms with Gasteiger partial charge in [0.25, 0.3) is 0 Å². The minimum atomic E-state index is -4.35. The van der Waals surface area contributed by atoms with E-state index in [4.69, 9.17) is 28.0 Å². The molecule has 2 fully saturated rings. The van der Waals surface area contributed by atoms with Crippen molar-refractivity contribution in [3.8, 4) is 0 Å². The number of unbranched alkanes of at least 4 members (excludes halogenated alkanes) is 4. The van der Waals surface area contributed by atoms with Crippen molar-refractivity contribution in [1.29, 1.82) is 0 Å². The molecule has 1 N–H and O–H groups in total. The maximum Gasteiger partial charge on any atom is 0.472 e. The number of hydrogen-bond donors (Lipinski definition) is 1. The first kappa shape index (κ1) is 36.1. The Balaban J connectivity index is 1.71. The lowest BCUT2D eigenvalue weighted by molar-refractivity contribution is -0.160. The highest BCUT2D eigenvalue weighted by Crippen LogP contribution is 2.43. The van der Waals surface area contributed by atoms with E-state index in [0.717, 1.165) is 32.1 Å². The number of hydrogen-bond acceptors (Lipinski definition) is 9. The number of carbonyl (C=O) groups is 2. The number of phosphoric ester groups is 1. The fourth-order valence-corrected chi connectivity index (χ4v) is 5.41. The normalized spacial score (nSPS) is 23.9. The highest BCUT2D eigenvalue weighted by atomic mass is 79.9. The number of carbonyl (C=O) groups excluding carboxylic acids is 2. The molecular formula is C29H48BrO10P. The number of ether oxygens (including phenoxy) is 4. The topological polar surface area (TPSA) is 133 Å². The van der Waals surface area contributed by atoms with Crippen LogP contribution in [0.5, 0.6) is 0 Å². The van der Waals surface area contributed by atoms with E-state index in [2.05, 4.69) is 29.8 Å². The van der Waals surface area contributed by atoms with Gasteiger partial charge in [-0.3, -0.25) is 18.6 Å². The third-order valence-corrected chi connectivity index (χ3v) is 7.99. The summed E-state index contributed by atoms with van der Waals surface area (Å²) in [7, 11) is -4.35. The largest absolute Gasteiger partial charge is 0.472 e. The molecule has 2 aliphatic heterocycles. The van der Waals surface area contributed by atoms with E-state index in [9.17, 15) is 19.0 Å². The lowest BCUT2D eigenvalue weighted by Gasteiger charge is -2.19. The molecule has 12 heteroatoms. The molecule has 0 aromatic heterocycles. The van der Waals surface area contributed by atoms with Gasteiger partial charge < -0.3 is 23.8 Å². The van der Waals surface area contributed by atoms with Crippen LogP contribution in [-0.2, 0) is 42.1 Å². The fourth-order valence-electron chi connectivity index (χ4n) is 4.25. The van der Waals surface area contributed by atoms with Crippen LogP contribution in [0.3, 0.4) is 0 Å². The highest BCUT2D eigenvalue weighted by Gasteiger charge is 2.37. The summed E-state index contributed by atoms with van der Waals surface area (Å²) < 4.78 is 43.7. The lowest BCUT2D eigenvalue weighted by Crippen LogP contribution is -2.29. The molecule has 2 heterocycles. The number of halogens is 1. The van der Waals surface area contributed by atoms with Crippen LogP contribution in [0.4, 0.5) is 0 Å². The molecule has 6 atom stereocenters. The summed E-state index contributed by atoms with van der Waals surface area (Å²) in [4.78, 5) is 34.4. The average molecular weight is 668 g/mol. The summed E-state index contributed by atoms with van der Waals surface area (Å²) in [6.07, 6.45) is 18.0. The first-order chi connectivity index (χ1) is 19.8. The van der Waals surface area contributed by atoms with Gasteiger partial charge in [-0.15, -0.1) is 0 Å². The monoisotopic (exact) mass is 666 g/mol. The van der Waals surface area contributed by atoms with E-state index >= 15 is 0 Å². The zero-order chi connectivity index (χ0) is 29.9. The summed E-state index contributed by atoms with van der Waals surface area (Å²) in [6.45, 7) is 3.51. The molecule has 0 aromatic carbocycles. The molecule has 41 heavy (non-hydrogen) atoms. The van der Waals surface area contributed by atoms with Crippen LogP contribution in [0.15, 0.2) is 24.3 Å². The third kappa shape index (κ3) is 17.6. The molecule has 0 amide bonds. The Morgan fingerprint density at radius 3 is 1.93 bits per heavy atom. The molecule has 0 saturated carbocycles. The first-order valence-corrected chi connectivity index (χ1v) is 17.5. The standard InChI is InChI=1S/C29H48BrO10P/c1-3-5-7-13-24-26(39-24)15-9-11-17-28(31)35-21-23(22-37-41(33,34)36-20-19-30)38-29(32)18-12-10-16-27-25(40-27)14-8-6-4-2/h9-12,23-27H,3-8,13-22H2,1-2H3,(H,33,34)/b11-9+,12-10+. The summed E-state index contributed by atoms with van der Waals surface area (Å²) in [5.41, 5.74) is 0. The maximum absolute atomic E-state index is 12.4. The third-order valence-electron chi connectivity index (χ3n) is 6.68. The number of rotatable bonds is 25. The van der Waals surface area contributed by atoms with Crippen LogP contribution in [0.1, 0.15) is 90.9 Å². The van der Waals surface area contributed by atoms with Crippen molar-refractivity contribution >= 4 is 35.7 Å². The predicted octanol–water partition coefficient (Wildman–Crippen LogP) is 6.34. The second-order valence-corrected chi connectivity index (χ2v) is 12.6. The van der Waals surface area contributed by atoms with Gasteiger partial charge >= 0.3 is 19.8 Å². The molecule has 0 bridgehead atoms. The molecule has 0 aromatic rings. The summed E-state index contributed by atoms with van der Waals surface area (Å²) in [5, 5.41) is 0.342. The van der Waals surface area contributed by atoms with Crippen molar-refractivity contribution in [2.45, 2.75) is 121 Å². The van der Waals surface area contributed by atoms with Gasteiger partial charge in [-0.1, -0.05) is 92.6 Å². The van der Waals surface area contributed by atoms with Crippen LogP contribution in [-0.4, -0.2) is 72.5 Å². The second-order valence-electron chi connectivity index (χ2n) is 10.3. The Labute approximate surface area is 253 Å². The Bertz CT molecular complexity index is 867. The van der Waals surface area contributed by atoms with Crippen molar-refractivity contribution in [2.24, 2.45) is 0 Å². The summed E-state index contributed by atoms with van der Waals surface area (Å²) in [6, 6.07) is 0. The van der Waals surface area contributed by atoms with Gasteiger partial charge in [0.1, 0.15) is 6.61 Å². The van der Waals surface area contributed by atoms with E-state index in [1.807, 2.05) is 12.2 Å². The van der Waals surface area contributed by atoms with Gasteiger partial charge in [0, 0.05) is 5.33 Å². The van der Waals surface area contributed by atoms with Crippen LogP contribution < -0.4 is 0 Å². The van der Waals surface area contributed by atoms with E-state index in [1.54, 1.807) is 12.2 Å². The summed E-state index contributed by atoms with van der Waals surface area (Å²) >= 11 is 3.10. The Kier molecular flexibility index (Phi) is 18.3. The molecule has 2 rings (SSSR count). The number of alkyl halides is 1. The molecular weight excluding hydrogens is 619 g/mol. The molecule has 6 unspecified atom stereocenters. The van der Waals surface area contributed by atoms with Crippen molar-refractivity contribution < 1.29 is 47.0 Å². The maximum atomic E-state index is 12.4. The van der Waals surface area contributed by atoms with Gasteiger partial charge in [-0.25, -0.2) is 4.57 Å². The van der Waals surface area contributed by atoms with Gasteiger partial charge in [0.15, 0.2) is 6.10 Å². The van der Waals surface area contributed by atoms with Crippen LogP contribution in [0.2, 0.25) is 0 Å². The van der Waals surface area contributed by atoms with Gasteiger partial charge in [-0.05, 0) is 25.7 Å². The number of epoxide rings is 2.